The number of aliphatic hydroxyl groups excluding tert-OH is 4. The van der Waals surface area contributed by atoms with Gasteiger partial charge in [0, 0.05) is 12.8 Å². The van der Waals surface area contributed by atoms with Gasteiger partial charge in [-0.1, -0.05) is 152 Å². The summed E-state index contributed by atoms with van der Waals surface area (Å²) in [4.78, 5) is 25.1. The summed E-state index contributed by atoms with van der Waals surface area (Å²) < 4.78 is 22.0. The first kappa shape index (κ1) is 46.4. The van der Waals surface area contributed by atoms with Crippen molar-refractivity contribution in [1.82, 2.24) is 0 Å². The molecule has 0 saturated carbocycles. The van der Waals surface area contributed by atoms with Crippen LogP contribution in [0.3, 0.4) is 0 Å². The molecule has 0 bridgehead atoms. The van der Waals surface area contributed by atoms with Gasteiger partial charge in [-0.25, -0.2) is 0 Å². The zero-order valence-electron chi connectivity index (χ0n) is 31.3. The SMILES string of the molecule is CC/C=C/C=C/C=C/C=C/C=C/CCCC(=O)OC(COC(=O)CCCCCCCCCCCCCCC)CO[C@H]1O[C@@H](CO)[C@@H](O)C(O)C1O. The molecule has 1 heterocycles. The van der Waals surface area contributed by atoms with E-state index < -0.39 is 55.4 Å². The van der Waals surface area contributed by atoms with E-state index in [-0.39, 0.29) is 26.1 Å². The van der Waals surface area contributed by atoms with Gasteiger partial charge in [-0.05, 0) is 25.7 Å². The van der Waals surface area contributed by atoms with Crippen molar-refractivity contribution >= 4 is 11.9 Å². The van der Waals surface area contributed by atoms with Gasteiger partial charge in [0.2, 0.25) is 0 Å². The molecule has 0 amide bonds. The number of ether oxygens (including phenoxy) is 4. The standard InChI is InChI=1S/C41H68O10/c1-3-5-7-9-11-13-15-17-19-21-23-25-27-29-36(43)48-32-34(33-49-41-40(47)39(46)38(45)35(31-42)51-41)50-37(44)30-28-26-24-22-20-18-16-14-12-10-8-6-4-2/h6,8,10,12,14,16,18,20,22,24,34-35,38-42,45-47H,3-5,7,9,11,13,15,17,19,21,23,25-33H2,1-2H3/b8-6+,12-10+,16-14+,20-18+,24-22+/t34?,35-,38+,39?,40?,41-/m0/s1. The van der Waals surface area contributed by atoms with Crippen molar-refractivity contribution in [1.29, 1.82) is 0 Å². The minimum atomic E-state index is -1.61. The Labute approximate surface area is 307 Å². The molecule has 0 aromatic rings. The highest BCUT2D eigenvalue weighted by atomic mass is 16.7. The van der Waals surface area contributed by atoms with Crippen molar-refractivity contribution in [2.75, 3.05) is 19.8 Å². The predicted octanol–water partition coefficient (Wildman–Crippen LogP) is 7.10. The van der Waals surface area contributed by atoms with Crippen LogP contribution in [0.4, 0.5) is 0 Å². The molecule has 4 N–H and O–H groups in total. The highest BCUT2D eigenvalue weighted by molar-refractivity contribution is 5.70. The van der Waals surface area contributed by atoms with Crippen LogP contribution in [0.25, 0.3) is 0 Å². The smallest absolute Gasteiger partial charge is 0.306 e. The average Bonchev–Trinajstić information content (AvgIpc) is 3.13. The van der Waals surface area contributed by atoms with E-state index in [0.717, 1.165) is 32.1 Å². The summed E-state index contributed by atoms with van der Waals surface area (Å²) in [5, 5.41) is 39.9. The van der Waals surface area contributed by atoms with E-state index in [1.807, 2.05) is 54.7 Å². The van der Waals surface area contributed by atoms with E-state index >= 15 is 0 Å². The molecular weight excluding hydrogens is 652 g/mol. The number of esters is 2. The molecular formula is C41H68O10. The second kappa shape index (κ2) is 32.1. The zero-order valence-corrected chi connectivity index (χ0v) is 31.3. The van der Waals surface area contributed by atoms with Gasteiger partial charge in [0.25, 0.3) is 0 Å². The van der Waals surface area contributed by atoms with Crippen LogP contribution in [-0.4, -0.2) is 89.0 Å². The van der Waals surface area contributed by atoms with Crippen LogP contribution in [0.1, 0.15) is 129 Å². The summed E-state index contributed by atoms with van der Waals surface area (Å²) >= 11 is 0. The van der Waals surface area contributed by atoms with E-state index in [4.69, 9.17) is 18.9 Å². The zero-order chi connectivity index (χ0) is 37.4. The van der Waals surface area contributed by atoms with Crippen molar-refractivity contribution in [2.24, 2.45) is 0 Å². The van der Waals surface area contributed by atoms with Crippen molar-refractivity contribution in [2.45, 2.75) is 166 Å². The number of carbonyl (C=O) groups is 2. The van der Waals surface area contributed by atoms with Crippen LogP contribution in [0.15, 0.2) is 60.8 Å². The molecule has 6 atom stereocenters. The number of hydrogen-bond acceptors (Lipinski definition) is 10. The first-order valence-corrected chi connectivity index (χ1v) is 19.4. The molecule has 0 spiro atoms. The van der Waals surface area contributed by atoms with Crippen molar-refractivity contribution in [3.05, 3.63) is 60.8 Å². The maximum Gasteiger partial charge on any atom is 0.306 e. The minimum Gasteiger partial charge on any atom is -0.462 e. The fraction of sp³-hybridized carbons (Fsp3) is 0.707. The summed E-state index contributed by atoms with van der Waals surface area (Å²) in [5.41, 5.74) is 0. The molecule has 292 valence electrons. The quantitative estimate of drug-likeness (QED) is 0.0344. The summed E-state index contributed by atoms with van der Waals surface area (Å²) in [7, 11) is 0. The Morgan fingerprint density at radius 2 is 1.16 bits per heavy atom. The average molecular weight is 721 g/mol. The first-order valence-electron chi connectivity index (χ1n) is 19.4. The lowest BCUT2D eigenvalue weighted by Gasteiger charge is -2.39. The monoisotopic (exact) mass is 720 g/mol. The lowest BCUT2D eigenvalue weighted by atomic mass is 9.99. The molecule has 10 nitrogen and oxygen atoms in total. The minimum absolute atomic E-state index is 0.132. The normalized spacial score (nSPS) is 21.9. The Morgan fingerprint density at radius 3 is 1.73 bits per heavy atom. The maximum absolute atomic E-state index is 12.7. The van der Waals surface area contributed by atoms with Gasteiger partial charge in [-0.15, -0.1) is 0 Å². The van der Waals surface area contributed by atoms with Gasteiger partial charge in [0.15, 0.2) is 12.4 Å². The predicted molar refractivity (Wildman–Crippen MR) is 201 cm³/mol. The van der Waals surface area contributed by atoms with Crippen LogP contribution in [0, 0.1) is 0 Å². The highest BCUT2D eigenvalue weighted by Crippen LogP contribution is 2.22. The van der Waals surface area contributed by atoms with Gasteiger partial charge in [0.1, 0.15) is 31.0 Å². The van der Waals surface area contributed by atoms with Gasteiger partial charge in [-0.2, -0.15) is 0 Å². The van der Waals surface area contributed by atoms with Crippen LogP contribution < -0.4 is 0 Å². The summed E-state index contributed by atoms with van der Waals surface area (Å²) in [6, 6.07) is 0. The third-order valence-electron chi connectivity index (χ3n) is 8.54. The molecule has 10 heteroatoms. The number of carbonyl (C=O) groups excluding carboxylic acids is 2. The lowest BCUT2D eigenvalue weighted by Crippen LogP contribution is -2.59. The summed E-state index contributed by atoms with van der Waals surface area (Å²) in [6.07, 6.45) is 29.6. The topological polar surface area (TPSA) is 152 Å². The third kappa shape index (κ3) is 24.3. The number of allylic oxidation sites excluding steroid dienone is 10. The number of hydrogen-bond donors (Lipinski definition) is 4. The van der Waals surface area contributed by atoms with E-state index in [1.54, 1.807) is 0 Å². The third-order valence-corrected chi connectivity index (χ3v) is 8.54. The summed E-state index contributed by atoms with van der Waals surface area (Å²) in [6.45, 7) is 3.17. The molecule has 1 fully saturated rings. The number of unbranched alkanes of at least 4 members (excludes halogenated alkanes) is 13. The molecule has 1 aliphatic heterocycles. The van der Waals surface area contributed by atoms with Gasteiger partial charge in [0.05, 0.1) is 13.2 Å². The van der Waals surface area contributed by atoms with Crippen LogP contribution in [-0.2, 0) is 28.5 Å². The molecule has 1 saturated heterocycles. The van der Waals surface area contributed by atoms with Crippen LogP contribution in [0.2, 0.25) is 0 Å². The maximum atomic E-state index is 12.7. The second-order valence-corrected chi connectivity index (χ2v) is 13.1. The summed E-state index contributed by atoms with van der Waals surface area (Å²) in [5.74, 6) is -0.898. The van der Waals surface area contributed by atoms with Crippen molar-refractivity contribution < 1.29 is 49.0 Å². The first-order chi connectivity index (χ1) is 24.8. The molecule has 0 aromatic heterocycles. The number of aliphatic hydroxyl groups is 4. The van der Waals surface area contributed by atoms with Crippen molar-refractivity contribution in [3.8, 4) is 0 Å². The van der Waals surface area contributed by atoms with Gasteiger partial charge in [-0.3, -0.25) is 9.59 Å². The van der Waals surface area contributed by atoms with Crippen molar-refractivity contribution in [3.63, 3.8) is 0 Å². The Morgan fingerprint density at radius 1 is 0.627 bits per heavy atom. The van der Waals surface area contributed by atoms with Gasteiger partial charge < -0.3 is 39.4 Å². The van der Waals surface area contributed by atoms with Gasteiger partial charge >= 0.3 is 11.9 Å². The molecule has 1 aliphatic rings. The largest absolute Gasteiger partial charge is 0.462 e. The van der Waals surface area contributed by atoms with E-state index in [0.29, 0.717) is 12.8 Å². The fourth-order valence-electron chi connectivity index (χ4n) is 5.45. The molecule has 0 aromatic carbocycles. The Hall–Kier alpha value is -2.60. The molecule has 0 aliphatic carbocycles. The second-order valence-electron chi connectivity index (χ2n) is 13.1. The number of rotatable bonds is 30. The molecule has 1 rings (SSSR count). The van der Waals surface area contributed by atoms with E-state index in [2.05, 4.69) is 19.9 Å². The Balaban J connectivity index is 2.46. The molecule has 51 heavy (non-hydrogen) atoms. The lowest BCUT2D eigenvalue weighted by molar-refractivity contribution is -0.305. The van der Waals surface area contributed by atoms with E-state index in [9.17, 15) is 30.0 Å². The Bertz CT molecular complexity index is 1020. The molecule has 0 radical (unpaired) electrons. The fourth-order valence-corrected chi connectivity index (χ4v) is 5.45. The van der Waals surface area contributed by atoms with Crippen LogP contribution in [0.5, 0.6) is 0 Å². The molecule has 3 unspecified atom stereocenters. The Kier molecular flexibility index (Phi) is 29.2. The van der Waals surface area contributed by atoms with E-state index in [1.165, 1.54) is 57.8 Å². The highest BCUT2D eigenvalue weighted by Gasteiger charge is 2.44. The van der Waals surface area contributed by atoms with Crippen LogP contribution >= 0.6 is 0 Å².